The number of hydrogen-bond acceptors (Lipinski definition) is 6. The van der Waals surface area contributed by atoms with Gasteiger partial charge in [-0.05, 0) is 70.5 Å². The minimum atomic E-state index is -5.91. The maximum atomic E-state index is 13.9. The van der Waals surface area contributed by atoms with Gasteiger partial charge in [0.05, 0.1) is 45.8 Å². The molecule has 2 heterocycles. The number of rotatable bonds is 7. The summed E-state index contributed by atoms with van der Waals surface area (Å²) in [6, 6.07) is 12.4. The van der Waals surface area contributed by atoms with Gasteiger partial charge in [0.1, 0.15) is 11.5 Å². The Balaban J connectivity index is 1.78. The predicted molar refractivity (Wildman–Crippen MR) is 153 cm³/mol. The Morgan fingerprint density at radius 1 is 1.00 bits per heavy atom. The van der Waals surface area contributed by atoms with E-state index in [0.717, 1.165) is 4.68 Å². The lowest BCUT2D eigenvalue weighted by molar-refractivity contribution is -0.292. The molecule has 16 heteroatoms. The Morgan fingerprint density at radius 2 is 1.67 bits per heavy atom. The van der Waals surface area contributed by atoms with E-state index >= 15 is 0 Å². The fourth-order valence-corrected chi connectivity index (χ4v) is 4.46. The van der Waals surface area contributed by atoms with E-state index in [2.05, 4.69) is 25.8 Å². The van der Waals surface area contributed by atoms with Crippen LogP contribution in [0, 0.1) is 25.2 Å². The molecule has 0 aliphatic heterocycles. The van der Waals surface area contributed by atoms with Crippen molar-refractivity contribution in [3.63, 3.8) is 0 Å². The molecule has 0 atom stereocenters. The zero-order chi connectivity index (χ0) is 33.5. The number of alkyl halides is 5. The van der Waals surface area contributed by atoms with E-state index in [1.165, 1.54) is 35.9 Å². The molecule has 0 unspecified atom stereocenters. The third-order valence-electron chi connectivity index (χ3n) is 6.31. The normalized spacial score (nSPS) is 12.1. The van der Waals surface area contributed by atoms with Gasteiger partial charge in [0, 0.05) is 5.54 Å². The molecule has 2 aromatic carbocycles. The van der Waals surface area contributed by atoms with Crippen LogP contribution in [0.25, 0.3) is 5.69 Å². The molecule has 4 aromatic rings. The van der Waals surface area contributed by atoms with Gasteiger partial charge in [0.25, 0.3) is 11.8 Å². The summed E-state index contributed by atoms with van der Waals surface area (Å²) >= 11 is 6.38. The maximum absolute atomic E-state index is 13.9. The smallest absolute Gasteiger partial charge is 0.347 e. The van der Waals surface area contributed by atoms with E-state index in [9.17, 15) is 36.8 Å². The van der Waals surface area contributed by atoms with E-state index in [-0.39, 0.29) is 44.7 Å². The quantitative estimate of drug-likeness (QED) is 0.233. The molecular formula is C29H26ClF5N8O2. The first-order chi connectivity index (χ1) is 20.8. The van der Waals surface area contributed by atoms with Crippen LogP contribution in [0.5, 0.6) is 0 Å². The third kappa shape index (κ3) is 6.96. The number of amides is 2. The van der Waals surface area contributed by atoms with E-state index in [1.807, 2.05) is 6.07 Å². The summed E-state index contributed by atoms with van der Waals surface area (Å²) < 4.78 is 68.5. The average molecular weight is 649 g/mol. The van der Waals surface area contributed by atoms with Crippen LogP contribution in [0.15, 0.2) is 42.5 Å². The highest BCUT2D eigenvalue weighted by atomic mass is 35.5. The number of aryl methyl sites for hydroxylation is 2. The minimum absolute atomic E-state index is 0.0234. The zero-order valence-corrected chi connectivity index (χ0v) is 25.3. The highest BCUT2D eigenvalue weighted by molar-refractivity contribution is 6.32. The van der Waals surface area contributed by atoms with Crippen molar-refractivity contribution in [2.45, 2.75) is 58.8 Å². The van der Waals surface area contributed by atoms with Crippen molar-refractivity contribution >= 4 is 29.1 Å². The summed E-state index contributed by atoms with van der Waals surface area (Å²) in [7, 11) is 0. The predicted octanol–water partition coefficient (Wildman–Crippen LogP) is 6.09. The van der Waals surface area contributed by atoms with Gasteiger partial charge in [-0.15, -0.1) is 5.10 Å². The topological polar surface area (TPSA) is 131 Å². The van der Waals surface area contributed by atoms with E-state index in [4.69, 9.17) is 11.6 Å². The lowest BCUT2D eigenvalue weighted by atomic mass is 10.0. The number of nitrogens with one attached hydrogen (secondary N) is 2. The fourth-order valence-electron chi connectivity index (χ4n) is 4.24. The first-order valence-corrected chi connectivity index (χ1v) is 13.6. The molecule has 0 spiro atoms. The number of para-hydroxylation sites is 1. The van der Waals surface area contributed by atoms with Crippen LogP contribution >= 0.6 is 11.6 Å². The Bertz CT molecular complexity index is 1830. The second kappa shape index (κ2) is 11.9. The number of carbonyl (C=O) groups is 2. The third-order valence-corrected chi connectivity index (χ3v) is 6.63. The summed E-state index contributed by atoms with van der Waals surface area (Å²) in [5, 5.41) is 22.9. The summed E-state index contributed by atoms with van der Waals surface area (Å²) in [4.78, 5) is 30.3. The van der Waals surface area contributed by atoms with Crippen molar-refractivity contribution in [3.05, 3.63) is 87.2 Å². The maximum Gasteiger partial charge on any atom is 0.461 e. The van der Waals surface area contributed by atoms with Gasteiger partial charge >= 0.3 is 12.1 Å². The van der Waals surface area contributed by atoms with Crippen molar-refractivity contribution in [3.8, 4) is 11.8 Å². The van der Waals surface area contributed by atoms with Crippen LogP contribution in [0.3, 0.4) is 0 Å². The van der Waals surface area contributed by atoms with Gasteiger partial charge in [-0.3, -0.25) is 9.59 Å². The van der Waals surface area contributed by atoms with Crippen LogP contribution in [0.1, 0.15) is 70.1 Å². The van der Waals surface area contributed by atoms with Crippen molar-refractivity contribution < 1.29 is 31.5 Å². The van der Waals surface area contributed by atoms with E-state index in [0.29, 0.717) is 5.56 Å². The van der Waals surface area contributed by atoms with Gasteiger partial charge < -0.3 is 10.6 Å². The first kappa shape index (κ1) is 33.1. The highest BCUT2D eigenvalue weighted by Crippen LogP contribution is 2.42. The number of anilines is 1. The van der Waals surface area contributed by atoms with Crippen LogP contribution in [-0.2, 0) is 12.5 Å². The van der Waals surface area contributed by atoms with Gasteiger partial charge in [-0.2, -0.15) is 32.3 Å². The number of nitriles is 1. The number of nitrogens with zero attached hydrogens (tertiary/aromatic N) is 6. The van der Waals surface area contributed by atoms with Crippen LogP contribution < -0.4 is 10.6 Å². The fraction of sp³-hybridized carbons (Fsp3) is 0.310. The van der Waals surface area contributed by atoms with Crippen molar-refractivity contribution in [2.24, 2.45) is 0 Å². The lowest BCUT2D eigenvalue weighted by Gasteiger charge is -2.22. The molecule has 236 valence electrons. The molecule has 10 nitrogen and oxygen atoms in total. The van der Waals surface area contributed by atoms with Crippen LogP contribution in [0.2, 0.25) is 5.02 Å². The van der Waals surface area contributed by atoms with Crippen molar-refractivity contribution in [2.75, 3.05) is 5.32 Å². The molecule has 2 amide bonds. The number of aromatic nitrogens is 5. The molecule has 2 N–H and O–H groups in total. The molecule has 0 bridgehead atoms. The van der Waals surface area contributed by atoms with Gasteiger partial charge in [0.15, 0.2) is 0 Å². The SMILES string of the molecule is Cc1cc(C#N)cc(C(=O)NC(C)(C)C)c1NC(=O)c1cc(Cn2nc(C(F)(F)C(F)(F)F)nc2C)nn1-c1ccccc1Cl. The van der Waals surface area contributed by atoms with Gasteiger partial charge in [0.2, 0.25) is 5.82 Å². The molecule has 2 aromatic heterocycles. The average Bonchev–Trinajstić information content (AvgIpc) is 3.52. The van der Waals surface area contributed by atoms with Gasteiger partial charge in [-0.1, -0.05) is 23.7 Å². The minimum Gasteiger partial charge on any atom is -0.347 e. The van der Waals surface area contributed by atoms with Crippen molar-refractivity contribution in [1.82, 2.24) is 29.9 Å². The molecule has 0 fully saturated rings. The van der Waals surface area contributed by atoms with E-state index < -0.39 is 41.8 Å². The molecule has 4 rings (SSSR count). The molecule has 0 aliphatic carbocycles. The lowest BCUT2D eigenvalue weighted by Crippen LogP contribution is -2.41. The number of carbonyl (C=O) groups excluding carboxylic acids is 2. The van der Waals surface area contributed by atoms with E-state index in [1.54, 1.807) is 45.9 Å². The first-order valence-electron chi connectivity index (χ1n) is 13.2. The zero-order valence-electron chi connectivity index (χ0n) is 24.5. The Labute approximate surface area is 258 Å². The summed E-state index contributed by atoms with van der Waals surface area (Å²) in [5.41, 5.74) is 0.247. The second-order valence-electron chi connectivity index (χ2n) is 11.1. The van der Waals surface area contributed by atoms with Crippen LogP contribution in [-0.4, -0.2) is 48.1 Å². The largest absolute Gasteiger partial charge is 0.461 e. The Hall–Kier alpha value is -4.84. The molecule has 0 saturated heterocycles. The monoisotopic (exact) mass is 648 g/mol. The highest BCUT2D eigenvalue weighted by Gasteiger charge is 2.61. The molecule has 0 aliphatic rings. The number of benzene rings is 2. The molecule has 0 saturated carbocycles. The number of halogens is 6. The Kier molecular flexibility index (Phi) is 8.76. The molecule has 45 heavy (non-hydrogen) atoms. The second-order valence-corrected chi connectivity index (χ2v) is 11.5. The van der Waals surface area contributed by atoms with Crippen molar-refractivity contribution in [1.29, 1.82) is 5.26 Å². The Morgan fingerprint density at radius 3 is 2.27 bits per heavy atom. The summed E-state index contributed by atoms with van der Waals surface area (Å²) in [5.74, 6) is -8.60. The number of hydrogen-bond donors (Lipinski definition) is 2. The van der Waals surface area contributed by atoms with Gasteiger partial charge in [-0.25, -0.2) is 14.3 Å². The van der Waals surface area contributed by atoms with Crippen LogP contribution in [0.4, 0.5) is 27.6 Å². The summed E-state index contributed by atoms with van der Waals surface area (Å²) in [6.07, 6.45) is -5.91. The molecule has 0 radical (unpaired) electrons. The molecular weight excluding hydrogens is 623 g/mol. The summed E-state index contributed by atoms with van der Waals surface area (Å²) in [6.45, 7) is 7.65. The standard InChI is InChI=1S/C29H26ClF5N8O2/c1-15-10-17(13-36)11-19(24(44)39-27(3,4)5)23(15)38-25(45)22-12-18(40-43(22)21-9-7-6-8-20(21)30)14-42-16(2)37-26(41-42)28(31,32)29(33,34)35/h6-12H,14H2,1-5H3,(H,38,45)(H,39,44).